The first-order valence-corrected chi connectivity index (χ1v) is 4.69. The molecule has 1 aliphatic heterocycles. The monoisotopic (exact) mass is 198 g/mol. The normalized spacial score (nSPS) is 23.4. The molecule has 0 aliphatic carbocycles. The van der Waals surface area contributed by atoms with E-state index >= 15 is 0 Å². The second-order valence-corrected chi connectivity index (χ2v) is 3.41. The lowest BCUT2D eigenvalue weighted by atomic mass is 10.1. The number of guanidine groups is 1. The molecule has 0 aromatic rings. The van der Waals surface area contributed by atoms with Gasteiger partial charge < -0.3 is 10.6 Å². The van der Waals surface area contributed by atoms with Gasteiger partial charge in [0.2, 0.25) is 11.9 Å². The molecule has 0 saturated carbocycles. The van der Waals surface area contributed by atoms with E-state index in [1.54, 1.807) is 11.8 Å². The molecule has 0 radical (unpaired) electrons. The summed E-state index contributed by atoms with van der Waals surface area (Å²) in [6.45, 7) is 6.33. The first kappa shape index (κ1) is 10.7. The summed E-state index contributed by atoms with van der Waals surface area (Å²) < 4.78 is 0. The maximum Gasteiger partial charge on any atom is 0.219 e. The van der Waals surface area contributed by atoms with Crippen LogP contribution in [0.25, 0.3) is 0 Å². The highest BCUT2D eigenvalue weighted by Gasteiger charge is 2.20. The van der Waals surface area contributed by atoms with Crippen LogP contribution in [0.1, 0.15) is 21.2 Å². The highest BCUT2D eigenvalue weighted by molar-refractivity contribution is 5.82. The Balaban J connectivity index is 0.00000196. The molecular formula is C9H18N4O. The van der Waals surface area contributed by atoms with Crippen molar-refractivity contribution in [3.8, 4) is 0 Å². The van der Waals surface area contributed by atoms with Crippen molar-refractivity contribution in [2.24, 2.45) is 15.7 Å². The summed E-state index contributed by atoms with van der Waals surface area (Å²) in [6, 6.07) is 0.0816. The minimum atomic E-state index is 0. The van der Waals surface area contributed by atoms with Crippen LogP contribution in [0.5, 0.6) is 0 Å². The fourth-order valence-electron chi connectivity index (χ4n) is 1.57. The summed E-state index contributed by atoms with van der Waals surface area (Å²) in [7, 11) is 0. The van der Waals surface area contributed by atoms with Crippen molar-refractivity contribution in [3.63, 3.8) is 0 Å². The third-order valence-electron chi connectivity index (χ3n) is 2.32. The Labute approximate surface area is 85.2 Å². The fraction of sp³-hybridized carbons (Fsp3) is 0.667. The molecule has 1 atom stereocenters. The van der Waals surface area contributed by atoms with Gasteiger partial charge in [0.1, 0.15) is 0 Å². The van der Waals surface area contributed by atoms with Crippen LogP contribution < -0.4 is 5.73 Å². The molecule has 5 heteroatoms. The van der Waals surface area contributed by atoms with Gasteiger partial charge in [0.05, 0.1) is 6.04 Å². The standard InChI is InChI=1S/C9H16N4O.H2/c1-7(14)13-5-3-4-8(6-13)12-9(10)11-2;/h8H,2-6H2,1H3,(H2,10,12);1H/t8-;/m0./s1. The quantitative estimate of drug-likeness (QED) is 0.485. The van der Waals surface area contributed by atoms with E-state index < -0.39 is 0 Å². The molecule has 0 unspecified atom stereocenters. The van der Waals surface area contributed by atoms with Crippen molar-refractivity contribution in [1.29, 1.82) is 0 Å². The number of nitrogens with two attached hydrogens (primary N) is 1. The van der Waals surface area contributed by atoms with E-state index in [2.05, 4.69) is 16.7 Å². The summed E-state index contributed by atoms with van der Waals surface area (Å²) in [4.78, 5) is 20.6. The lowest BCUT2D eigenvalue weighted by molar-refractivity contribution is -0.129. The summed E-state index contributed by atoms with van der Waals surface area (Å²) >= 11 is 0. The van der Waals surface area contributed by atoms with Gasteiger partial charge in [0, 0.05) is 21.4 Å². The minimum Gasteiger partial charge on any atom is -0.368 e. The summed E-state index contributed by atoms with van der Waals surface area (Å²) in [5, 5.41) is 0. The first-order chi connectivity index (χ1) is 6.63. The van der Waals surface area contributed by atoms with Gasteiger partial charge in [0.15, 0.2) is 0 Å². The maximum absolute atomic E-state index is 11.1. The minimum absolute atomic E-state index is 0. The van der Waals surface area contributed by atoms with Crippen LogP contribution in [0.2, 0.25) is 0 Å². The van der Waals surface area contributed by atoms with Crippen LogP contribution in [-0.4, -0.2) is 42.6 Å². The van der Waals surface area contributed by atoms with Crippen LogP contribution in [0.15, 0.2) is 9.98 Å². The highest BCUT2D eigenvalue weighted by atomic mass is 16.2. The zero-order chi connectivity index (χ0) is 10.6. The van der Waals surface area contributed by atoms with E-state index in [0.717, 1.165) is 19.4 Å². The van der Waals surface area contributed by atoms with Crippen LogP contribution >= 0.6 is 0 Å². The average Bonchev–Trinajstić information content (AvgIpc) is 2.18. The second-order valence-electron chi connectivity index (χ2n) is 3.41. The Morgan fingerprint density at radius 3 is 3.00 bits per heavy atom. The van der Waals surface area contributed by atoms with E-state index in [1.807, 2.05) is 0 Å². The second kappa shape index (κ2) is 4.74. The van der Waals surface area contributed by atoms with E-state index in [1.165, 1.54) is 0 Å². The van der Waals surface area contributed by atoms with Gasteiger partial charge in [-0.3, -0.25) is 4.79 Å². The van der Waals surface area contributed by atoms with Gasteiger partial charge in [-0.05, 0) is 19.6 Å². The third-order valence-corrected chi connectivity index (χ3v) is 2.32. The smallest absolute Gasteiger partial charge is 0.219 e. The first-order valence-electron chi connectivity index (χ1n) is 4.69. The molecule has 1 amide bonds. The molecule has 5 nitrogen and oxygen atoms in total. The van der Waals surface area contributed by atoms with Crippen molar-refractivity contribution in [1.82, 2.24) is 4.90 Å². The van der Waals surface area contributed by atoms with E-state index in [-0.39, 0.29) is 19.3 Å². The third kappa shape index (κ3) is 2.83. The number of nitrogens with zero attached hydrogens (tertiary/aromatic N) is 3. The maximum atomic E-state index is 11.1. The number of amides is 1. The lowest BCUT2D eigenvalue weighted by Crippen LogP contribution is -2.40. The SMILES string of the molecule is C=NC(N)=N[C@H]1CCCN(C(C)=O)C1.[HH]. The average molecular weight is 198 g/mol. The summed E-state index contributed by atoms with van der Waals surface area (Å²) in [5.41, 5.74) is 5.44. The molecule has 1 aliphatic rings. The molecule has 1 saturated heterocycles. The Morgan fingerprint density at radius 2 is 2.43 bits per heavy atom. The van der Waals surface area contributed by atoms with Crippen molar-refractivity contribution in [2.75, 3.05) is 13.1 Å². The topological polar surface area (TPSA) is 71.0 Å². The van der Waals surface area contributed by atoms with Crippen LogP contribution in [0.4, 0.5) is 0 Å². The number of hydrogen-bond donors (Lipinski definition) is 1. The predicted molar refractivity (Wildman–Crippen MR) is 58.6 cm³/mol. The Hall–Kier alpha value is -1.39. The van der Waals surface area contributed by atoms with Gasteiger partial charge in [-0.15, -0.1) is 0 Å². The Bertz CT molecular complexity index is 267. The summed E-state index contributed by atoms with van der Waals surface area (Å²) in [5.74, 6) is 0.301. The van der Waals surface area contributed by atoms with E-state index in [0.29, 0.717) is 6.54 Å². The molecular weight excluding hydrogens is 180 g/mol. The highest BCUT2D eigenvalue weighted by Crippen LogP contribution is 2.13. The zero-order valence-electron chi connectivity index (χ0n) is 8.44. The van der Waals surface area contributed by atoms with Crippen LogP contribution in [0, 0.1) is 0 Å². The van der Waals surface area contributed by atoms with Gasteiger partial charge in [-0.2, -0.15) is 0 Å². The number of carbonyl (C=O) groups excluding carboxylic acids is 1. The number of likely N-dealkylation sites (tertiary alicyclic amines) is 1. The Morgan fingerprint density at radius 1 is 1.71 bits per heavy atom. The zero-order valence-corrected chi connectivity index (χ0v) is 8.44. The number of piperidine rings is 1. The van der Waals surface area contributed by atoms with Crippen LogP contribution in [-0.2, 0) is 4.79 Å². The molecule has 0 aromatic heterocycles. The molecule has 14 heavy (non-hydrogen) atoms. The number of carbonyl (C=O) groups is 1. The van der Waals surface area contributed by atoms with Gasteiger partial charge in [-0.25, -0.2) is 9.98 Å². The van der Waals surface area contributed by atoms with Crippen molar-refractivity contribution in [2.45, 2.75) is 25.8 Å². The molecule has 1 fully saturated rings. The molecule has 80 valence electrons. The largest absolute Gasteiger partial charge is 0.368 e. The molecule has 1 rings (SSSR count). The molecule has 0 aromatic carbocycles. The van der Waals surface area contributed by atoms with Crippen molar-refractivity contribution < 1.29 is 6.22 Å². The van der Waals surface area contributed by atoms with E-state index in [9.17, 15) is 4.79 Å². The fourth-order valence-corrected chi connectivity index (χ4v) is 1.57. The molecule has 0 spiro atoms. The van der Waals surface area contributed by atoms with Gasteiger partial charge >= 0.3 is 0 Å². The van der Waals surface area contributed by atoms with Crippen LogP contribution in [0.3, 0.4) is 0 Å². The van der Waals surface area contributed by atoms with Gasteiger partial charge in [-0.1, -0.05) is 0 Å². The number of aliphatic imine (C=N–C) groups is 2. The number of hydrogen-bond acceptors (Lipinski definition) is 2. The summed E-state index contributed by atoms with van der Waals surface area (Å²) in [6.07, 6.45) is 1.93. The van der Waals surface area contributed by atoms with Gasteiger partial charge in [0.25, 0.3) is 0 Å². The molecule has 2 N–H and O–H groups in total. The van der Waals surface area contributed by atoms with Crippen molar-refractivity contribution >= 4 is 18.6 Å². The molecule has 0 bridgehead atoms. The lowest BCUT2D eigenvalue weighted by Gasteiger charge is -2.29. The number of rotatable bonds is 1. The Kier molecular flexibility index (Phi) is 3.62. The van der Waals surface area contributed by atoms with Crippen molar-refractivity contribution in [3.05, 3.63) is 0 Å². The predicted octanol–water partition coefficient (Wildman–Crippen LogP) is 0.259. The molecule has 1 heterocycles. The van der Waals surface area contributed by atoms with E-state index in [4.69, 9.17) is 5.73 Å².